The Bertz CT molecular complexity index is 757. The van der Waals surface area contributed by atoms with E-state index in [2.05, 4.69) is 17.6 Å². The molecule has 0 radical (unpaired) electrons. The topological polar surface area (TPSA) is 118 Å². The number of hydrogen-bond acceptors (Lipinski definition) is 6. The summed E-state index contributed by atoms with van der Waals surface area (Å²) in [6.07, 6.45) is 7.50. The minimum absolute atomic E-state index is 0.0802. The van der Waals surface area contributed by atoms with Crippen LogP contribution in [0.1, 0.15) is 49.1 Å². The summed E-state index contributed by atoms with van der Waals surface area (Å²) < 4.78 is 4.79. The van der Waals surface area contributed by atoms with Gasteiger partial charge in [-0.3, -0.25) is 9.59 Å². The Morgan fingerprint density at radius 2 is 1.86 bits per heavy atom. The summed E-state index contributed by atoms with van der Waals surface area (Å²) in [6, 6.07) is -0.625. The molecule has 1 saturated heterocycles. The number of hydrogen-bond donors (Lipinski definition) is 3. The molecule has 3 N–H and O–H groups in total. The SMILES string of the molecule is Cc1sc(NC(=O)[C@@H]2COC(=O)N2)nc1C12CC3CC(CC(C3)C1)C2.O=CO. The van der Waals surface area contributed by atoms with Crippen LogP contribution in [0.25, 0.3) is 0 Å². The zero-order valence-corrected chi connectivity index (χ0v) is 16.6. The van der Waals surface area contributed by atoms with Crippen LogP contribution in [0.5, 0.6) is 0 Å². The molecule has 5 aliphatic rings. The molecule has 0 unspecified atom stereocenters. The van der Waals surface area contributed by atoms with Gasteiger partial charge in [-0.15, -0.1) is 11.3 Å². The molecule has 1 aromatic rings. The maximum absolute atomic E-state index is 12.3. The minimum Gasteiger partial charge on any atom is -0.483 e. The first kappa shape index (κ1) is 19.2. The first-order chi connectivity index (χ1) is 13.4. The lowest BCUT2D eigenvalue weighted by Gasteiger charge is -2.56. The van der Waals surface area contributed by atoms with Crippen molar-refractivity contribution in [2.45, 2.75) is 56.9 Å². The molecule has 0 aromatic carbocycles. The molecular formula is C19H25N3O5S. The molecule has 5 fully saturated rings. The van der Waals surface area contributed by atoms with Gasteiger partial charge in [0, 0.05) is 10.3 Å². The average molecular weight is 407 g/mol. The number of anilines is 1. The lowest BCUT2D eigenvalue weighted by Crippen LogP contribution is -2.49. The number of nitrogens with zero attached hydrogens (tertiary/aromatic N) is 1. The van der Waals surface area contributed by atoms with Gasteiger partial charge in [0.25, 0.3) is 12.4 Å². The number of rotatable bonds is 3. The molecule has 4 bridgehead atoms. The predicted octanol–water partition coefficient (Wildman–Crippen LogP) is 2.67. The maximum Gasteiger partial charge on any atom is 0.407 e. The van der Waals surface area contributed by atoms with Gasteiger partial charge in [0.05, 0.1) is 5.69 Å². The third-order valence-corrected chi connectivity index (χ3v) is 7.44. The number of thiazole rings is 1. The van der Waals surface area contributed by atoms with Gasteiger partial charge in [-0.2, -0.15) is 0 Å². The first-order valence-electron chi connectivity index (χ1n) is 9.72. The van der Waals surface area contributed by atoms with Crippen LogP contribution < -0.4 is 10.6 Å². The Kier molecular flexibility index (Phi) is 5.03. The Morgan fingerprint density at radius 3 is 2.36 bits per heavy atom. The maximum atomic E-state index is 12.3. The Hall–Kier alpha value is -2.16. The van der Waals surface area contributed by atoms with Gasteiger partial charge in [-0.05, 0) is 63.2 Å². The third kappa shape index (κ3) is 3.47. The summed E-state index contributed by atoms with van der Waals surface area (Å²) in [4.78, 5) is 37.8. The number of carboxylic acid groups (broad SMARTS) is 1. The fourth-order valence-electron chi connectivity index (χ4n) is 6.06. The summed E-state index contributed by atoms with van der Waals surface area (Å²) in [5.74, 6) is 2.36. The number of carbonyl (C=O) groups excluding carboxylic acids is 2. The molecule has 0 spiro atoms. The number of aromatic nitrogens is 1. The standard InChI is InChI=1S/C18H23N3O3S.CH2O2/c1-9-14(18-5-10-2-11(6-18)4-12(3-10)7-18)20-16(25-9)21-15(22)13-8-24-17(23)19-13;2-1-3/h10-13H,2-8H2,1H3,(H,19,23)(H,20,21,22);1H,(H,2,3)/t10?,11?,12?,13-,18?;/m0./s1. The van der Waals surface area contributed by atoms with Crippen molar-refractivity contribution < 1.29 is 24.2 Å². The molecule has 4 aliphatic carbocycles. The molecule has 1 aliphatic heterocycles. The van der Waals surface area contributed by atoms with Crippen molar-refractivity contribution in [2.75, 3.05) is 11.9 Å². The van der Waals surface area contributed by atoms with E-state index in [9.17, 15) is 9.59 Å². The van der Waals surface area contributed by atoms with E-state index >= 15 is 0 Å². The number of amides is 2. The second-order valence-electron chi connectivity index (χ2n) is 8.51. The number of ether oxygens (including phenoxy) is 1. The molecule has 1 atom stereocenters. The highest BCUT2D eigenvalue weighted by molar-refractivity contribution is 7.15. The van der Waals surface area contributed by atoms with Crippen molar-refractivity contribution >= 4 is 34.9 Å². The van der Waals surface area contributed by atoms with E-state index in [0.717, 1.165) is 17.8 Å². The second-order valence-corrected chi connectivity index (χ2v) is 9.71. The van der Waals surface area contributed by atoms with E-state index in [-0.39, 0.29) is 24.4 Å². The van der Waals surface area contributed by atoms with Crippen LogP contribution in [0.4, 0.5) is 9.93 Å². The van der Waals surface area contributed by atoms with Gasteiger partial charge in [-0.1, -0.05) is 0 Å². The number of alkyl carbamates (subject to hydrolysis) is 1. The summed E-state index contributed by atoms with van der Waals surface area (Å²) in [5, 5.41) is 12.9. The van der Waals surface area contributed by atoms with Gasteiger partial charge in [-0.25, -0.2) is 9.78 Å². The van der Waals surface area contributed by atoms with E-state index in [1.807, 2.05) is 0 Å². The normalized spacial score (nSPS) is 34.8. The van der Waals surface area contributed by atoms with E-state index in [0.29, 0.717) is 5.13 Å². The van der Waals surface area contributed by atoms with Crippen LogP contribution in [0.15, 0.2) is 0 Å². The van der Waals surface area contributed by atoms with Gasteiger partial charge < -0.3 is 20.5 Å². The quantitative estimate of drug-likeness (QED) is 0.663. The van der Waals surface area contributed by atoms with Gasteiger partial charge >= 0.3 is 6.09 Å². The molecule has 2 amide bonds. The van der Waals surface area contributed by atoms with Crippen LogP contribution in [0, 0.1) is 24.7 Å². The molecular weight excluding hydrogens is 382 g/mol. The smallest absolute Gasteiger partial charge is 0.407 e. The molecule has 6 rings (SSSR count). The van der Waals surface area contributed by atoms with E-state index in [1.165, 1.54) is 49.1 Å². The van der Waals surface area contributed by atoms with E-state index in [1.54, 1.807) is 11.3 Å². The van der Waals surface area contributed by atoms with Crippen molar-refractivity contribution in [1.29, 1.82) is 0 Å². The zero-order chi connectivity index (χ0) is 19.9. The van der Waals surface area contributed by atoms with E-state index in [4.69, 9.17) is 19.6 Å². The monoisotopic (exact) mass is 407 g/mol. The van der Waals surface area contributed by atoms with Crippen molar-refractivity contribution in [1.82, 2.24) is 10.3 Å². The Labute approximate surface area is 167 Å². The number of cyclic esters (lactones) is 1. The lowest BCUT2D eigenvalue weighted by atomic mass is 9.48. The second kappa shape index (κ2) is 7.35. The highest BCUT2D eigenvalue weighted by Crippen LogP contribution is 2.61. The number of aryl methyl sites for hydroxylation is 1. The molecule has 152 valence electrons. The molecule has 28 heavy (non-hydrogen) atoms. The van der Waals surface area contributed by atoms with Gasteiger partial charge in [0.2, 0.25) is 0 Å². The highest BCUT2D eigenvalue weighted by atomic mass is 32.1. The summed E-state index contributed by atoms with van der Waals surface area (Å²) in [6.45, 7) is 1.96. The van der Waals surface area contributed by atoms with Crippen LogP contribution >= 0.6 is 11.3 Å². The fourth-order valence-corrected chi connectivity index (χ4v) is 7.00. The van der Waals surface area contributed by atoms with Crippen molar-refractivity contribution in [3.63, 3.8) is 0 Å². The summed E-state index contributed by atoms with van der Waals surface area (Å²) in [5.41, 5.74) is 1.46. The van der Waals surface area contributed by atoms with Gasteiger partial charge in [0.15, 0.2) is 5.13 Å². The van der Waals surface area contributed by atoms with Crippen LogP contribution in [-0.4, -0.2) is 41.2 Å². The van der Waals surface area contributed by atoms with Crippen LogP contribution in [0.2, 0.25) is 0 Å². The van der Waals surface area contributed by atoms with Gasteiger partial charge in [0.1, 0.15) is 12.6 Å². The average Bonchev–Trinajstić information content (AvgIpc) is 3.20. The lowest BCUT2D eigenvalue weighted by molar-refractivity contribution is -0.123. The highest BCUT2D eigenvalue weighted by Gasteiger charge is 2.53. The molecule has 4 saturated carbocycles. The van der Waals surface area contributed by atoms with E-state index < -0.39 is 12.1 Å². The molecule has 1 aromatic heterocycles. The fraction of sp³-hybridized carbons (Fsp3) is 0.684. The minimum atomic E-state index is -0.625. The molecule has 9 heteroatoms. The van der Waals surface area contributed by atoms with Crippen LogP contribution in [0.3, 0.4) is 0 Å². The molecule has 8 nitrogen and oxygen atoms in total. The van der Waals surface area contributed by atoms with Crippen molar-refractivity contribution in [3.8, 4) is 0 Å². The number of nitrogens with one attached hydrogen (secondary N) is 2. The van der Waals surface area contributed by atoms with Crippen molar-refractivity contribution in [3.05, 3.63) is 10.6 Å². The largest absolute Gasteiger partial charge is 0.483 e. The number of carbonyl (C=O) groups is 3. The third-order valence-electron chi connectivity index (χ3n) is 6.56. The first-order valence-corrected chi connectivity index (χ1v) is 10.5. The van der Waals surface area contributed by atoms with Crippen LogP contribution in [-0.2, 0) is 19.7 Å². The summed E-state index contributed by atoms with van der Waals surface area (Å²) >= 11 is 1.55. The Balaban J connectivity index is 0.000000604. The predicted molar refractivity (Wildman–Crippen MR) is 102 cm³/mol. The Morgan fingerprint density at radius 1 is 1.29 bits per heavy atom. The molecule has 2 heterocycles. The van der Waals surface area contributed by atoms with Crippen molar-refractivity contribution in [2.24, 2.45) is 17.8 Å². The summed E-state index contributed by atoms with van der Waals surface area (Å²) in [7, 11) is 0. The zero-order valence-electron chi connectivity index (χ0n) is 15.8.